The van der Waals surface area contributed by atoms with Crippen molar-refractivity contribution in [1.82, 2.24) is 15.3 Å². The van der Waals surface area contributed by atoms with Gasteiger partial charge in [0.05, 0.1) is 43.2 Å². The molecule has 4 aromatic rings. The van der Waals surface area contributed by atoms with Crippen LogP contribution in [-0.4, -0.2) is 43.2 Å². The molecule has 11 heteroatoms. The molecule has 0 fully saturated rings. The zero-order valence-electron chi connectivity index (χ0n) is 20.3. The van der Waals surface area contributed by atoms with Crippen molar-refractivity contribution in [2.75, 3.05) is 26.6 Å². The lowest BCUT2D eigenvalue weighted by atomic mass is 10.2. The van der Waals surface area contributed by atoms with Gasteiger partial charge in [0.2, 0.25) is 0 Å². The predicted molar refractivity (Wildman–Crippen MR) is 136 cm³/mol. The molecule has 0 bridgehead atoms. The van der Waals surface area contributed by atoms with Gasteiger partial charge in [0.1, 0.15) is 22.1 Å². The number of thiazole rings is 1. The topological polar surface area (TPSA) is 121 Å². The lowest BCUT2D eigenvalue weighted by molar-refractivity contribution is 0.0970. The Morgan fingerprint density at radius 2 is 1.61 bits per heavy atom. The summed E-state index contributed by atoms with van der Waals surface area (Å²) in [6, 6.07) is 9.51. The Bertz CT molecular complexity index is 1450. The number of carbonyl (C=O) groups is 2. The number of anilines is 1. The normalized spacial score (nSPS) is 10.6. The summed E-state index contributed by atoms with van der Waals surface area (Å²) in [6.45, 7) is 3.52. The second kappa shape index (κ2) is 10.5. The molecule has 0 aliphatic carbocycles. The third-order valence-corrected chi connectivity index (χ3v) is 6.26. The van der Waals surface area contributed by atoms with Gasteiger partial charge in [0.15, 0.2) is 11.5 Å². The van der Waals surface area contributed by atoms with Crippen molar-refractivity contribution in [2.45, 2.75) is 13.8 Å². The standard InChI is InChI=1S/C25H24N4O6S/c1-13-23(36-14(2)27-13)24(30)29-25(31)28-17-7-6-15(10-20(17)32-3)35-19-8-9-26-18-12-22(34-5)21(33-4)11-16(18)19/h6-12H,1-5H3,(H2,28,29,30,31). The molecule has 0 radical (unpaired) electrons. The molecule has 0 spiro atoms. The Hall–Kier alpha value is -4.38. The van der Waals surface area contributed by atoms with E-state index >= 15 is 0 Å². The SMILES string of the molecule is COc1cc(Oc2ccnc3cc(OC)c(OC)cc23)ccc1NC(=O)NC(=O)c1sc(C)nc1C. The van der Waals surface area contributed by atoms with Gasteiger partial charge in [-0.05, 0) is 38.1 Å². The molecule has 2 N–H and O–H groups in total. The summed E-state index contributed by atoms with van der Waals surface area (Å²) < 4.78 is 22.3. The van der Waals surface area contributed by atoms with Gasteiger partial charge >= 0.3 is 6.03 Å². The molecule has 0 unspecified atom stereocenters. The number of imide groups is 1. The largest absolute Gasteiger partial charge is 0.494 e. The number of rotatable bonds is 7. The van der Waals surface area contributed by atoms with Crippen LogP contribution in [0.4, 0.5) is 10.5 Å². The molecule has 10 nitrogen and oxygen atoms in total. The fraction of sp³-hybridized carbons (Fsp3) is 0.200. The van der Waals surface area contributed by atoms with E-state index in [4.69, 9.17) is 18.9 Å². The smallest absolute Gasteiger partial charge is 0.326 e. The Morgan fingerprint density at radius 1 is 0.889 bits per heavy atom. The van der Waals surface area contributed by atoms with E-state index < -0.39 is 11.9 Å². The summed E-state index contributed by atoms with van der Waals surface area (Å²) in [5.41, 5.74) is 1.60. The summed E-state index contributed by atoms with van der Waals surface area (Å²) in [5.74, 6) is 1.94. The summed E-state index contributed by atoms with van der Waals surface area (Å²) in [4.78, 5) is 33.8. The van der Waals surface area contributed by atoms with Crippen LogP contribution in [0, 0.1) is 13.8 Å². The van der Waals surface area contributed by atoms with Gasteiger partial charge in [-0.2, -0.15) is 0 Å². The molecular formula is C25H24N4O6S. The molecule has 0 saturated heterocycles. The number of hydrogen-bond acceptors (Lipinski definition) is 9. The maximum absolute atomic E-state index is 12.4. The monoisotopic (exact) mass is 508 g/mol. The van der Waals surface area contributed by atoms with Crippen molar-refractivity contribution in [3.63, 3.8) is 0 Å². The average molecular weight is 509 g/mol. The summed E-state index contributed by atoms with van der Waals surface area (Å²) in [7, 11) is 4.58. The van der Waals surface area contributed by atoms with Gasteiger partial charge in [0, 0.05) is 23.7 Å². The summed E-state index contributed by atoms with van der Waals surface area (Å²) in [5, 5.41) is 6.41. The van der Waals surface area contributed by atoms with Crippen molar-refractivity contribution in [3.8, 4) is 28.7 Å². The minimum Gasteiger partial charge on any atom is -0.494 e. The van der Waals surface area contributed by atoms with Crippen LogP contribution in [0.25, 0.3) is 10.9 Å². The third kappa shape index (κ3) is 5.15. The summed E-state index contributed by atoms with van der Waals surface area (Å²) >= 11 is 1.22. The number of amides is 3. The second-order valence-corrected chi connectivity index (χ2v) is 8.76. The van der Waals surface area contributed by atoms with Gasteiger partial charge < -0.3 is 24.3 Å². The van der Waals surface area contributed by atoms with Crippen LogP contribution in [-0.2, 0) is 0 Å². The fourth-order valence-corrected chi connectivity index (χ4v) is 4.37. The first-order valence-electron chi connectivity index (χ1n) is 10.8. The highest BCUT2D eigenvalue weighted by molar-refractivity contribution is 7.13. The fourth-order valence-electron chi connectivity index (χ4n) is 3.56. The number of nitrogens with one attached hydrogen (secondary N) is 2. The molecule has 186 valence electrons. The van der Waals surface area contributed by atoms with E-state index in [1.54, 1.807) is 70.7 Å². The highest BCUT2D eigenvalue weighted by Gasteiger charge is 2.18. The average Bonchev–Trinajstić information content (AvgIpc) is 3.21. The van der Waals surface area contributed by atoms with Gasteiger partial charge in [-0.25, -0.2) is 9.78 Å². The minimum absolute atomic E-state index is 0.345. The van der Waals surface area contributed by atoms with Crippen LogP contribution in [0.1, 0.15) is 20.4 Å². The highest BCUT2D eigenvalue weighted by Crippen LogP contribution is 2.38. The van der Waals surface area contributed by atoms with E-state index in [1.807, 2.05) is 0 Å². The van der Waals surface area contributed by atoms with Crippen LogP contribution in [0.5, 0.6) is 28.7 Å². The number of nitrogens with zero attached hydrogens (tertiary/aromatic N) is 2. The molecule has 2 aromatic carbocycles. The molecular weight excluding hydrogens is 484 g/mol. The molecule has 4 rings (SSSR count). The number of urea groups is 1. The third-order valence-electron chi connectivity index (χ3n) is 5.19. The predicted octanol–water partition coefficient (Wildman–Crippen LogP) is 5.09. The summed E-state index contributed by atoms with van der Waals surface area (Å²) in [6.07, 6.45) is 1.63. The van der Waals surface area contributed by atoms with Crippen LogP contribution in [0.15, 0.2) is 42.6 Å². The number of ether oxygens (including phenoxy) is 4. The van der Waals surface area contributed by atoms with Crippen molar-refractivity contribution in [3.05, 3.63) is 58.2 Å². The maximum Gasteiger partial charge on any atom is 0.326 e. The number of pyridine rings is 1. The Kier molecular flexibility index (Phi) is 7.20. The lowest BCUT2D eigenvalue weighted by Gasteiger charge is -2.14. The highest BCUT2D eigenvalue weighted by atomic mass is 32.1. The van der Waals surface area contributed by atoms with E-state index in [-0.39, 0.29) is 0 Å². The zero-order chi connectivity index (χ0) is 25.8. The number of hydrogen-bond donors (Lipinski definition) is 2. The Balaban J connectivity index is 1.53. The van der Waals surface area contributed by atoms with Crippen molar-refractivity contribution in [1.29, 1.82) is 0 Å². The van der Waals surface area contributed by atoms with Gasteiger partial charge in [-0.15, -0.1) is 11.3 Å². The number of aryl methyl sites for hydroxylation is 2. The van der Waals surface area contributed by atoms with Crippen molar-refractivity contribution < 1.29 is 28.5 Å². The second-order valence-electron chi connectivity index (χ2n) is 7.55. The van der Waals surface area contributed by atoms with Crippen LogP contribution in [0.2, 0.25) is 0 Å². The van der Waals surface area contributed by atoms with E-state index in [9.17, 15) is 9.59 Å². The molecule has 2 aromatic heterocycles. The Labute approximate surface area is 211 Å². The number of fused-ring (bicyclic) bond motifs is 1. The van der Waals surface area contributed by atoms with Gasteiger partial charge in [-0.3, -0.25) is 15.1 Å². The number of carbonyl (C=O) groups excluding carboxylic acids is 2. The minimum atomic E-state index is -0.696. The Morgan fingerprint density at radius 3 is 2.28 bits per heavy atom. The first-order valence-corrected chi connectivity index (χ1v) is 11.6. The number of aromatic nitrogens is 2. The van der Waals surface area contributed by atoms with Crippen molar-refractivity contribution in [2.24, 2.45) is 0 Å². The van der Waals surface area contributed by atoms with E-state index in [0.29, 0.717) is 50.5 Å². The molecule has 0 saturated carbocycles. The molecule has 0 aliphatic heterocycles. The molecule has 36 heavy (non-hydrogen) atoms. The van der Waals surface area contributed by atoms with Crippen molar-refractivity contribution >= 4 is 39.9 Å². The first kappa shape index (κ1) is 24.7. The van der Waals surface area contributed by atoms with Crippen LogP contribution < -0.4 is 29.6 Å². The zero-order valence-corrected chi connectivity index (χ0v) is 21.1. The van der Waals surface area contributed by atoms with Gasteiger partial charge in [0.25, 0.3) is 5.91 Å². The maximum atomic E-state index is 12.4. The van der Waals surface area contributed by atoms with E-state index in [0.717, 1.165) is 10.4 Å². The quantitative estimate of drug-likeness (QED) is 0.354. The van der Waals surface area contributed by atoms with E-state index in [2.05, 4.69) is 20.6 Å². The molecule has 3 amide bonds. The first-order chi connectivity index (χ1) is 17.3. The van der Waals surface area contributed by atoms with E-state index in [1.165, 1.54) is 18.4 Å². The van der Waals surface area contributed by atoms with Crippen LogP contribution in [0.3, 0.4) is 0 Å². The number of methoxy groups -OCH3 is 3. The lowest BCUT2D eigenvalue weighted by Crippen LogP contribution is -2.34. The molecule has 0 atom stereocenters. The molecule has 2 heterocycles. The van der Waals surface area contributed by atoms with Gasteiger partial charge in [-0.1, -0.05) is 0 Å². The molecule has 0 aliphatic rings. The number of benzene rings is 2. The van der Waals surface area contributed by atoms with Crippen LogP contribution >= 0.6 is 11.3 Å².